The molecule has 28 heavy (non-hydrogen) atoms. The van der Waals surface area contributed by atoms with Gasteiger partial charge in [0, 0.05) is 16.0 Å². The summed E-state index contributed by atoms with van der Waals surface area (Å²) >= 11 is 7.40. The molecule has 0 bridgehead atoms. The van der Waals surface area contributed by atoms with Gasteiger partial charge in [0.15, 0.2) is 5.13 Å². The Hall–Kier alpha value is -2.77. The van der Waals surface area contributed by atoms with Crippen LogP contribution in [0.3, 0.4) is 0 Å². The number of anilines is 1. The molecule has 0 fully saturated rings. The van der Waals surface area contributed by atoms with Crippen molar-refractivity contribution < 1.29 is 19.1 Å². The van der Waals surface area contributed by atoms with E-state index in [1.165, 1.54) is 35.6 Å². The van der Waals surface area contributed by atoms with Crippen LogP contribution in [0.5, 0.6) is 0 Å². The van der Waals surface area contributed by atoms with Crippen molar-refractivity contribution in [2.75, 3.05) is 5.32 Å². The van der Waals surface area contributed by atoms with Crippen molar-refractivity contribution in [1.82, 2.24) is 4.98 Å². The van der Waals surface area contributed by atoms with Gasteiger partial charge in [-0.1, -0.05) is 41.9 Å². The predicted octanol–water partition coefficient (Wildman–Crippen LogP) is 4.87. The lowest BCUT2D eigenvalue weighted by Crippen LogP contribution is -2.27. The normalized spacial score (nSPS) is 11.8. The molecule has 5 nitrogen and oxygen atoms in total. The number of benzene rings is 2. The van der Waals surface area contributed by atoms with Crippen LogP contribution >= 0.6 is 22.9 Å². The molecule has 1 amide bonds. The number of carbonyl (C=O) groups excluding carboxylic acids is 1. The summed E-state index contributed by atoms with van der Waals surface area (Å²) < 4.78 is 13.1. The zero-order valence-corrected chi connectivity index (χ0v) is 16.1. The number of hydrogen-bond acceptors (Lipinski definition) is 4. The Morgan fingerprint density at radius 3 is 2.57 bits per heavy atom. The van der Waals surface area contributed by atoms with E-state index < -0.39 is 23.6 Å². The number of rotatable bonds is 7. The number of hydrogen-bond donors (Lipinski definition) is 2. The third-order valence-electron chi connectivity index (χ3n) is 4.07. The fourth-order valence-corrected chi connectivity index (χ4v) is 3.65. The zero-order chi connectivity index (χ0) is 20.1. The van der Waals surface area contributed by atoms with Gasteiger partial charge in [-0.2, -0.15) is 0 Å². The molecule has 2 aromatic carbocycles. The van der Waals surface area contributed by atoms with Crippen molar-refractivity contribution in [2.45, 2.75) is 12.8 Å². The van der Waals surface area contributed by atoms with Crippen LogP contribution in [0.4, 0.5) is 9.52 Å². The van der Waals surface area contributed by atoms with E-state index in [1.807, 2.05) is 18.2 Å². The summed E-state index contributed by atoms with van der Waals surface area (Å²) in [7, 11) is 0. The maximum atomic E-state index is 13.1. The highest BCUT2D eigenvalue weighted by molar-refractivity contribution is 7.14. The van der Waals surface area contributed by atoms with Crippen LogP contribution in [0.25, 0.3) is 11.3 Å². The van der Waals surface area contributed by atoms with Gasteiger partial charge in [0.05, 0.1) is 18.0 Å². The lowest BCUT2D eigenvalue weighted by Gasteiger charge is -2.14. The molecule has 144 valence electrons. The van der Waals surface area contributed by atoms with E-state index in [-0.39, 0.29) is 12.8 Å². The van der Waals surface area contributed by atoms with Crippen LogP contribution in [0.1, 0.15) is 12.0 Å². The summed E-state index contributed by atoms with van der Waals surface area (Å²) in [6.45, 7) is 0. The minimum atomic E-state index is -1.09. The van der Waals surface area contributed by atoms with E-state index >= 15 is 0 Å². The van der Waals surface area contributed by atoms with E-state index in [2.05, 4.69) is 10.3 Å². The molecule has 1 heterocycles. The van der Waals surface area contributed by atoms with Crippen LogP contribution in [0.2, 0.25) is 5.02 Å². The molecule has 2 N–H and O–H groups in total. The van der Waals surface area contributed by atoms with Gasteiger partial charge in [-0.3, -0.25) is 9.59 Å². The van der Waals surface area contributed by atoms with E-state index in [4.69, 9.17) is 16.7 Å². The predicted molar refractivity (Wildman–Crippen MR) is 107 cm³/mol. The van der Waals surface area contributed by atoms with Crippen LogP contribution in [0.15, 0.2) is 53.9 Å². The number of halogens is 2. The Morgan fingerprint density at radius 2 is 1.89 bits per heavy atom. The van der Waals surface area contributed by atoms with Crippen LogP contribution in [-0.2, 0) is 16.0 Å². The number of nitrogens with zero attached hydrogens (tertiary/aromatic N) is 1. The van der Waals surface area contributed by atoms with E-state index in [1.54, 1.807) is 11.4 Å². The van der Waals surface area contributed by atoms with Gasteiger partial charge in [-0.15, -0.1) is 11.3 Å². The number of amides is 1. The number of aliphatic carboxylic acids is 1. The Bertz CT molecular complexity index is 991. The second kappa shape index (κ2) is 8.95. The summed E-state index contributed by atoms with van der Waals surface area (Å²) in [5, 5.41) is 14.5. The lowest BCUT2D eigenvalue weighted by molar-refractivity contribution is -0.140. The summed E-state index contributed by atoms with van der Waals surface area (Å²) in [5.74, 6) is -2.74. The van der Waals surface area contributed by atoms with E-state index in [0.29, 0.717) is 21.4 Å². The third-order valence-corrected chi connectivity index (χ3v) is 5.16. The quantitative estimate of drug-likeness (QED) is 0.573. The molecule has 0 radical (unpaired) electrons. The van der Waals surface area contributed by atoms with Gasteiger partial charge >= 0.3 is 5.97 Å². The SMILES string of the molecule is O=C(O)CC(Cc1ccc(F)cc1)C(=O)Nc1nc(-c2ccccc2Cl)cs1. The molecule has 1 aromatic heterocycles. The number of carboxylic acid groups (broad SMARTS) is 1. The summed E-state index contributed by atoms with van der Waals surface area (Å²) in [6, 6.07) is 12.9. The molecular weight excluding hydrogens is 403 g/mol. The average molecular weight is 419 g/mol. The summed E-state index contributed by atoms with van der Waals surface area (Å²) in [4.78, 5) is 28.2. The Labute approximate surface area is 169 Å². The molecule has 8 heteroatoms. The standard InChI is InChI=1S/C20H16ClFN2O3S/c21-16-4-2-1-3-15(16)17-11-28-20(23-17)24-19(27)13(10-18(25)26)9-12-5-7-14(22)8-6-12/h1-8,11,13H,9-10H2,(H,25,26)(H,23,24,27). The molecule has 1 atom stereocenters. The fraction of sp³-hybridized carbons (Fsp3) is 0.150. The number of carboxylic acids is 1. The van der Waals surface area contributed by atoms with Crippen molar-refractivity contribution in [3.8, 4) is 11.3 Å². The van der Waals surface area contributed by atoms with E-state index in [0.717, 1.165) is 5.56 Å². The second-order valence-electron chi connectivity index (χ2n) is 6.13. The molecular formula is C20H16ClFN2O3S. The maximum absolute atomic E-state index is 13.1. The first kappa shape index (κ1) is 20.0. The highest BCUT2D eigenvalue weighted by atomic mass is 35.5. The average Bonchev–Trinajstić information content (AvgIpc) is 3.11. The van der Waals surface area contributed by atoms with Crippen LogP contribution in [0, 0.1) is 11.7 Å². The molecule has 1 unspecified atom stereocenters. The summed E-state index contributed by atoms with van der Waals surface area (Å²) in [5.41, 5.74) is 2.05. The van der Waals surface area contributed by atoms with Gasteiger partial charge in [-0.25, -0.2) is 9.37 Å². The van der Waals surface area contributed by atoms with Gasteiger partial charge in [0.25, 0.3) is 0 Å². The largest absolute Gasteiger partial charge is 0.481 e. The van der Waals surface area contributed by atoms with Crippen molar-refractivity contribution in [2.24, 2.45) is 5.92 Å². The van der Waals surface area contributed by atoms with E-state index in [9.17, 15) is 14.0 Å². The highest BCUT2D eigenvalue weighted by Crippen LogP contribution is 2.30. The van der Waals surface area contributed by atoms with Gasteiger partial charge in [-0.05, 0) is 30.2 Å². The first-order chi connectivity index (χ1) is 13.4. The Balaban J connectivity index is 1.74. The third kappa shape index (κ3) is 5.15. The molecule has 0 aliphatic heterocycles. The molecule has 3 aromatic rings. The Kier molecular flexibility index (Phi) is 6.38. The van der Waals surface area contributed by atoms with Crippen LogP contribution in [-0.4, -0.2) is 22.0 Å². The molecule has 0 saturated carbocycles. The lowest BCUT2D eigenvalue weighted by atomic mass is 9.95. The molecule has 0 saturated heterocycles. The number of aromatic nitrogens is 1. The minimum Gasteiger partial charge on any atom is -0.481 e. The topological polar surface area (TPSA) is 79.3 Å². The number of thiazole rings is 1. The minimum absolute atomic E-state index is 0.182. The van der Waals surface area contributed by atoms with Gasteiger partial charge in [0.2, 0.25) is 5.91 Å². The molecule has 0 aliphatic rings. The first-order valence-corrected chi connectivity index (χ1v) is 9.65. The van der Waals surface area contributed by atoms with Crippen molar-refractivity contribution in [1.29, 1.82) is 0 Å². The zero-order valence-electron chi connectivity index (χ0n) is 14.6. The number of carbonyl (C=O) groups is 2. The second-order valence-corrected chi connectivity index (χ2v) is 7.40. The number of nitrogens with one attached hydrogen (secondary N) is 1. The maximum Gasteiger partial charge on any atom is 0.304 e. The van der Waals surface area contributed by atoms with Gasteiger partial charge in [0.1, 0.15) is 5.82 Å². The van der Waals surface area contributed by atoms with Crippen molar-refractivity contribution >= 4 is 39.9 Å². The monoisotopic (exact) mass is 418 g/mol. The fourth-order valence-electron chi connectivity index (χ4n) is 2.70. The summed E-state index contributed by atoms with van der Waals surface area (Å²) in [6.07, 6.45) is -0.160. The van der Waals surface area contributed by atoms with Gasteiger partial charge < -0.3 is 10.4 Å². The van der Waals surface area contributed by atoms with Crippen molar-refractivity contribution in [3.63, 3.8) is 0 Å². The first-order valence-electron chi connectivity index (χ1n) is 8.40. The highest BCUT2D eigenvalue weighted by Gasteiger charge is 2.23. The molecule has 0 spiro atoms. The molecule has 0 aliphatic carbocycles. The smallest absolute Gasteiger partial charge is 0.304 e. The van der Waals surface area contributed by atoms with Crippen molar-refractivity contribution in [3.05, 3.63) is 70.3 Å². The Morgan fingerprint density at radius 1 is 1.18 bits per heavy atom. The van der Waals surface area contributed by atoms with Crippen LogP contribution < -0.4 is 5.32 Å². The molecule has 3 rings (SSSR count).